The fourth-order valence-corrected chi connectivity index (χ4v) is 2.13. The number of benzene rings is 1. The molecule has 92 valence electrons. The third-order valence-electron chi connectivity index (χ3n) is 2.94. The van der Waals surface area contributed by atoms with Crippen molar-refractivity contribution in [3.63, 3.8) is 0 Å². The van der Waals surface area contributed by atoms with Gasteiger partial charge >= 0.3 is 0 Å². The number of hydrogen-bond acceptors (Lipinski definition) is 2. The highest BCUT2D eigenvalue weighted by Crippen LogP contribution is 2.26. The van der Waals surface area contributed by atoms with Crippen LogP contribution in [0.4, 0.5) is 4.39 Å². The molecule has 3 nitrogen and oxygen atoms in total. The molecule has 0 bridgehead atoms. The Morgan fingerprint density at radius 3 is 2.82 bits per heavy atom. The van der Waals surface area contributed by atoms with E-state index < -0.39 is 5.82 Å². The lowest BCUT2D eigenvalue weighted by Crippen LogP contribution is -2.38. The Labute approximate surface area is 104 Å². The van der Waals surface area contributed by atoms with E-state index in [0.717, 1.165) is 18.9 Å². The molecule has 2 rings (SSSR count). The van der Waals surface area contributed by atoms with E-state index in [9.17, 15) is 9.18 Å². The maximum Gasteiger partial charge on any atom is 0.252 e. The summed E-state index contributed by atoms with van der Waals surface area (Å²) >= 11 is 5.77. The second kappa shape index (κ2) is 5.02. The molecule has 0 heterocycles. The maximum absolute atomic E-state index is 12.8. The van der Waals surface area contributed by atoms with Crippen LogP contribution < -0.4 is 5.32 Å². The Balaban J connectivity index is 1.91. The molecule has 0 aliphatic heterocycles. The molecule has 0 atom stereocenters. The van der Waals surface area contributed by atoms with E-state index in [4.69, 9.17) is 16.7 Å². The molecule has 1 amide bonds. The van der Waals surface area contributed by atoms with Gasteiger partial charge in [-0.1, -0.05) is 11.6 Å². The molecule has 1 saturated carbocycles. The molecule has 17 heavy (non-hydrogen) atoms. The molecule has 0 unspecified atom stereocenters. The lowest BCUT2D eigenvalue weighted by atomic mass is 9.82. The van der Waals surface area contributed by atoms with Gasteiger partial charge in [0.1, 0.15) is 5.82 Å². The molecule has 1 aromatic rings. The third-order valence-corrected chi connectivity index (χ3v) is 3.25. The minimum Gasteiger partial charge on any atom is -0.393 e. The number of carbonyl (C=O) groups is 1. The molecular formula is C12H13ClFNO2. The van der Waals surface area contributed by atoms with Crippen LogP contribution in [0.5, 0.6) is 0 Å². The smallest absolute Gasteiger partial charge is 0.252 e. The first kappa shape index (κ1) is 12.3. The molecule has 1 fully saturated rings. The first-order chi connectivity index (χ1) is 8.06. The quantitative estimate of drug-likeness (QED) is 0.870. The van der Waals surface area contributed by atoms with Gasteiger partial charge < -0.3 is 10.4 Å². The zero-order valence-electron chi connectivity index (χ0n) is 9.12. The normalized spacial score (nSPS) is 23.0. The highest BCUT2D eigenvalue weighted by atomic mass is 35.5. The minimum atomic E-state index is -0.464. The van der Waals surface area contributed by atoms with Crippen molar-refractivity contribution in [1.29, 1.82) is 0 Å². The number of aliphatic hydroxyl groups excluding tert-OH is 1. The first-order valence-corrected chi connectivity index (χ1v) is 5.85. The molecule has 0 aromatic heterocycles. The predicted molar refractivity (Wildman–Crippen MR) is 62.5 cm³/mol. The van der Waals surface area contributed by atoms with Crippen molar-refractivity contribution in [2.24, 2.45) is 5.92 Å². The number of amides is 1. The summed E-state index contributed by atoms with van der Waals surface area (Å²) in [5.41, 5.74) is 0.271. The molecule has 5 heteroatoms. The Hall–Kier alpha value is -1.13. The van der Waals surface area contributed by atoms with Crippen molar-refractivity contribution in [2.75, 3.05) is 6.54 Å². The SMILES string of the molecule is O=C(NCC1CC(O)C1)c1ccc(F)cc1Cl. The summed E-state index contributed by atoms with van der Waals surface area (Å²) in [7, 11) is 0. The van der Waals surface area contributed by atoms with Gasteiger partial charge in [0, 0.05) is 6.54 Å². The fraction of sp³-hybridized carbons (Fsp3) is 0.417. The van der Waals surface area contributed by atoms with Crippen LogP contribution in [0.2, 0.25) is 5.02 Å². The van der Waals surface area contributed by atoms with Gasteiger partial charge in [-0.3, -0.25) is 4.79 Å². The highest BCUT2D eigenvalue weighted by molar-refractivity contribution is 6.33. The average molecular weight is 258 g/mol. The van der Waals surface area contributed by atoms with Gasteiger partial charge in [-0.2, -0.15) is 0 Å². The second-order valence-corrected chi connectivity index (χ2v) is 4.73. The summed E-state index contributed by atoms with van der Waals surface area (Å²) in [6, 6.07) is 3.68. The first-order valence-electron chi connectivity index (χ1n) is 5.47. The Morgan fingerprint density at radius 2 is 2.24 bits per heavy atom. The summed E-state index contributed by atoms with van der Waals surface area (Å²) < 4.78 is 12.8. The van der Waals surface area contributed by atoms with Gasteiger partial charge in [0.25, 0.3) is 5.91 Å². The van der Waals surface area contributed by atoms with Crippen molar-refractivity contribution in [3.8, 4) is 0 Å². The fourth-order valence-electron chi connectivity index (χ4n) is 1.87. The summed E-state index contributed by atoms with van der Waals surface area (Å²) in [5, 5.41) is 11.9. The highest BCUT2D eigenvalue weighted by Gasteiger charge is 2.27. The van der Waals surface area contributed by atoms with E-state index in [0.29, 0.717) is 12.5 Å². The Kier molecular flexibility index (Phi) is 3.64. The molecule has 0 radical (unpaired) electrons. The van der Waals surface area contributed by atoms with Crippen molar-refractivity contribution in [2.45, 2.75) is 18.9 Å². The number of hydrogen-bond donors (Lipinski definition) is 2. The monoisotopic (exact) mass is 257 g/mol. The van der Waals surface area contributed by atoms with Crippen molar-refractivity contribution < 1.29 is 14.3 Å². The summed E-state index contributed by atoms with van der Waals surface area (Å²) in [4.78, 5) is 11.7. The predicted octanol–water partition coefficient (Wildman–Crippen LogP) is 1.98. The van der Waals surface area contributed by atoms with Gasteiger partial charge in [0.05, 0.1) is 16.7 Å². The number of carbonyl (C=O) groups excluding carboxylic acids is 1. The Morgan fingerprint density at radius 1 is 1.53 bits per heavy atom. The van der Waals surface area contributed by atoms with Crippen LogP contribution in [-0.4, -0.2) is 23.7 Å². The van der Waals surface area contributed by atoms with E-state index in [2.05, 4.69) is 5.32 Å². The Bertz CT molecular complexity index is 433. The lowest BCUT2D eigenvalue weighted by molar-refractivity contribution is 0.0420. The summed E-state index contributed by atoms with van der Waals surface area (Å²) in [6.45, 7) is 0.517. The average Bonchev–Trinajstić information content (AvgIpc) is 2.22. The molecule has 2 N–H and O–H groups in total. The molecular weight excluding hydrogens is 245 g/mol. The maximum atomic E-state index is 12.8. The number of aliphatic hydroxyl groups is 1. The number of nitrogens with one attached hydrogen (secondary N) is 1. The van der Waals surface area contributed by atoms with Crippen LogP contribution in [0.15, 0.2) is 18.2 Å². The molecule has 1 aliphatic rings. The number of halogens is 2. The minimum absolute atomic E-state index is 0.108. The zero-order valence-corrected chi connectivity index (χ0v) is 9.88. The standard InChI is InChI=1S/C12H13ClFNO2/c13-11-5-8(14)1-2-10(11)12(17)15-6-7-3-9(16)4-7/h1-2,5,7,9,16H,3-4,6H2,(H,15,17). The lowest BCUT2D eigenvalue weighted by Gasteiger charge is -2.31. The van der Waals surface area contributed by atoms with E-state index >= 15 is 0 Å². The van der Waals surface area contributed by atoms with Crippen molar-refractivity contribution in [3.05, 3.63) is 34.6 Å². The molecule has 1 aromatic carbocycles. The summed E-state index contributed by atoms with van der Waals surface area (Å²) in [6.07, 6.45) is 1.21. The van der Waals surface area contributed by atoms with Gasteiger partial charge in [-0.05, 0) is 37.0 Å². The molecule has 0 saturated heterocycles. The van der Waals surface area contributed by atoms with Gasteiger partial charge in [-0.15, -0.1) is 0 Å². The van der Waals surface area contributed by atoms with Gasteiger partial charge in [0.2, 0.25) is 0 Å². The van der Waals surface area contributed by atoms with Crippen LogP contribution in [0.1, 0.15) is 23.2 Å². The van der Waals surface area contributed by atoms with Gasteiger partial charge in [0.15, 0.2) is 0 Å². The summed E-state index contributed by atoms with van der Waals surface area (Å²) in [5.74, 6) is -0.446. The largest absolute Gasteiger partial charge is 0.393 e. The van der Waals surface area contributed by atoms with Crippen LogP contribution >= 0.6 is 11.6 Å². The zero-order chi connectivity index (χ0) is 12.4. The number of rotatable bonds is 3. The van der Waals surface area contributed by atoms with Crippen LogP contribution in [0.25, 0.3) is 0 Å². The van der Waals surface area contributed by atoms with Crippen LogP contribution in [0.3, 0.4) is 0 Å². The van der Waals surface area contributed by atoms with Gasteiger partial charge in [-0.25, -0.2) is 4.39 Å². The third kappa shape index (κ3) is 2.96. The van der Waals surface area contributed by atoms with E-state index in [1.807, 2.05) is 0 Å². The van der Waals surface area contributed by atoms with Crippen molar-refractivity contribution >= 4 is 17.5 Å². The van der Waals surface area contributed by atoms with E-state index in [1.54, 1.807) is 0 Å². The van der Waals surface area contributed by atoms with E-state index in [-0.39, 0.29) is 22.6 Å². The molecule has 1 aliphatic carbocycles. The van der Waals surface area contributed by atoms with Crippen LogP contribution in [0, 0.1) is 11.7 Å². The van der Waals surface area contributed by atoms with Crippen molar-refractivity contribution in [1.82, 2.24) is 5.32 Å². The molecule has 0 spiro atoms. The van der Waals surface area contributed by atoms with E-state index in [1.165, 1.54) is 12.1 Å². The topological polar surface area (TPSA) is 49.3 Å². The second-order valence-electron chi connectivity index (χ2n) is 4.33. The van der Waals surface area contributed by atoms with Crippen LogP contribution in [-0.2, 0) is 0 Å².